The number of carbonyl (C=O) groups is 2. The van der Waals surface area contributed by atoms with Crippen molar-refractivity contribution in [1.29, 1.82) is 0 Å². The molecule has 0 atom stereocenters. The number of hydrogen-bond donors (Lipinski definition) is 2. The Hall–Kier alpha value is -0.710. The lowest BCUT2D eigenvalue weighted by Crippen LogP contribution is -2.26. The Morgan fingerprint density at radius 1 is 1.25 bits per heavy atom. The highest BCUT2D eigenvalue weighted by Gasteiger charge is 2.01. The summed E-state index contributed by atoms with van der Waals surface area (Å²) in [6.07, 6.45) is 3.84. The first-order valence-electron chi connectivity index (χ1n) is 5.73. The van der Waals surface area contributed by atoms with Crippen LogP contribution in [0.4, 0.5) is 0 Å². The summed E-state index contributed by atoms with van der Waals surface area (Å²) in [5, 5.41) is 11.2. The van der Waals surface area contributed by atoms with Crippen LogP contribution in [0.1, 0.15) is 39.0 Å². The van der Waals surface area contributed by atoms with Crippen LogP contribution in [-0.4, -0.2) is 35.0 Å². The van der Waals surface area contributed by atoms with Gasteiger partial charge in [-0.2, -0.15) is 11.8 Å². The predicted molar refractivity (Wildman–Crippen MR) is 66.7 cm³/mol. The summed E-state index contributed by atoms with van der Waals surface area (Å²) in [5.41, 5.74) is 0. The molecule has 0 unspecified atom stereocenters. The summed E-state index contributed by atoms with van der Waals surface area (Å²) in [6.45, 7) is 2.71. The molecule has 0 heterocycles. The molecule has 1 amide bonds. The zero-order valence-electron chi connectivity index (χ0n) is 9.83. The van der Waals surface area contributed by atoms with Gasteiger partial charge in [-0.1, -0.05) is 13.3 Å². The fraction of sp³-hybridized carbons (Fsp3) is 0.818. The van der Waals surface area contributed by atoms with Crippen LogP contribution in [0.25, 0.3) is 0 Å². The summed E-state index contributed by atoms with van der Waals surface area (Å²) >= 11 is 1.65. The lowest BCUT2D eigenvalue weighted by atomic mass is 10.2. The minimum atomic E-state index is -0.776. The fourth-order valence-corrected chi connectivity index (χ4v) is 2.02. The Kier molecular flexibility index (Phi) is 10.3. The van der Waals surface area contributed by atoms with Crippen molar-refractivity contribution in [3.05, 3.63) is 0 Å². The van der Waals surface area contributed by atoms with Crippen LogP contribution in [0.3, 0.4) is 0 Å². The molecule has 0 fully saturated rings. The van der Waals surface area contributed by atoms with Gasteiger partial charge in [0.2, 0.25) is 5.91 Å². The van der Waals surface area contributed by atoms with E-state index in [1.807, 2.05) is 0 Å². The van der Waals surface area contributed by atoms with Gasteiger partial charge in [0.15, 0.2) is 0 Å². The Bertz CT molecular complexity index is 209. The number of hydrogen-bond acceptors (Lipinski definition) is 3. The second kappa shape index (κ2) is 10.8. The molecule has 94 valence electrons. The van der Waals surface area contributed by atoms with Gasteiger partial charge in [-0.15, -0.1) is 0 Å². The maximum Gasteiger partial charge on any atom is 0.303 e. The molecule has 0 aromatic carbocycles. The van der Waals surface area contributed by atoms with Crippen molar-refractivity contribution >= 4 is 23.6 Å². The minimum Gasteiger partial charge on any atom is -0.481 e. The molecule has 0 aliphatic carbocycles. The average Bonchev–Trinajstić information content (AvgIpc) is 2.23. The third kappa shape index (κ3) is 11.4. The zero-order valence-corrected chi connectivity index (χ0v) is 10.6. The van der Waals surface area contributed by atoms with Gasteiger partial charge in [-0.25, -0.2) is 0 Å². The Morgan fingerprint density at radius 2 is 2.00 bits per heavy atom. The molecule has 16 heavy (non-hydrogen) atoms. The molecule has 0 aliphatic heterocycles. The molecule has 0 aromatic heterocycles. The van der Waals surface area contributed by atoms with Crippen molar-refractivity contribution in [2.75, 3.05) is 18.1 Å². The largest absolute Gasteiger partial charge is 0.481 e. The second-order valence-corrected chi connectivity index (χ2v) is 4.71. The van der Waals surface area contributed by atoms with E-state index >= 15 is 0 Å². The van der Waals surface area contributed by atoms with Crippen LogP contribution < -0.4 is 5.32 Å². The SMILES string of the molecule is CCCCSCC(=O)NCCCCC(=O)O. The van der Waals surface area contributed by atoms with Crippen molar-refractivity contribution < 1.29 is 14.7 Å². The fourth-order valence-electron chi connectivity index (χ4n) is 1.09. The third-order valence-electron chi connectivity index (χ3n) is 2.01. The quantitative estimate of drug-likeness (QED) is 0.579. The summed E-state index contributed by atoms with van der Waals surface area (Å²) in [6, 6.07) is 0. The van der Waals surface area contributed by atoms with Crippen LogP contribution in [-0.2, 0) is 9.59 Å². The summed E-state index contributed by atoms with van der Waals surface area (Å²) in [5.74, 6) is 0.819. The van der Waals surface area contributed by atoms with Gasteiger partial charge in [0.1, 0.15) is 0 Å². The van der Waals surface area contributed by atoms with Gasteiger partial charge in [0.05, 0.1) is 5.75 Å². The van der Waals surface area contributed by atoms with Crippen LogP contribution >= 0.6 is 11.8 Å². The van der Waals surface area contributed by atoms with Crippen LogP contribution in [0.15, 0.2) is 0 Å². The molecule has 0 spiro atoms. The van der Waals surface area contributed by atoms with E-state index in [-0.39, 0.29) is 12.3 Å². The molecule has 0 aromatic rings. The number of amides is 1. The second-order valence-electron chi connectivity index (χ2n) is 3.61. The molecule has 5 heteroatoms. The first-order valence-corrected chi connectivity index (χ1v) is 6.88. The maximum atomic E-state index is 11.3. The van der Waals surface area contributed by atoms with Crippen LogP contribution in [0, 0.1) is 0 Å². The number of carboxylic acid groups (broad SMARTS) is 1. The molecule has 2 N–H and O–H groups in total. The monoisotopic (exact) mass is 247 g/mol. The molecular formula is C11H21NO3S. The molecule has 0 saturated carbocycles. The number of thioether (sulfide) groups is 1. The molecule has 0 bridgehead atoms. The van der Waals surface area contributed by atoms with Crippen molar-refractivity contribution in [3.8, 4) is 0 Å². The first-order chi connectivity index (χ1) is 7.66. The van der Waals surface area contributed by atoms with E-state index in [4.69, 9.17) is 5.11 Å². The van der Waals surface area contributed by atoms with Gasteiger partial charge in [0.25, 0.3) is 0 Å². The number of nitrogens with one attached hydrogen (secondary N) is 1. The minimum absolute atomic E-state index is 0.0522. The Morgan fingerprint density at radius 3 is 2.62 bits per heavy atom. The van der Waals surface area contributed by atoms with Crippen LogP contribution in [0.2, 0.25) is 0 Å². The summed E-state index contributed by atoms with van der Waals surface area (Å²) < 4.78 is 0. The standard InChI is InChI=1S/C11H21NO3S/c1-2-3-8-16-9-10(13)12-7-5-4-6-11(14)15/h2-9H2,1H3,(H,12,13)(H,14,15). The molecule has 0 aliphatic rings. The highest BCUT2D eigenvalue weighted by Crippen LogP contribution is 2.03. The van der Waals surface area contributed by atoms with Crippen molar-refractivity contribution in [3.63, 3.8) is 0 Å². The topological polar surface area (TPSA) is 66.4 Å². The van der Waals surface area contributed by atoms with Gasteiger partial charge in [-0.3, -0.25) is 9.59 Å². The molecule has 4 nitrogen and oxygen atoms in total. The van der Waals surface area contributed by atoms with Gasteiger partial charge in [0, 0.05) is 13.0 Å². The average molecular weight is 247 g/mol. The zero-order chi connectivity index (χ0) is 12.2. The van der Waals surface area contributed by atoms with Gasteiger partial charge < -0.3 is 10.4 Å². The smallest absolute Gasteiger partial charge is 0.303 e. The van der Waals surface area contributed by atoms with E-state index in [2.05, 4.69) is 12.2 Å². The van der Waals surface area contributed by atoms with Gasteiger partial charge >= 0.3 is 5.97 Å². The van der Waals surface area contributed by atoms with E-state index in [9.17, 15) is 9.59 Å². The number of unbranched alkanes of at least 4 members (excludes halogenated alkanes) is 2. The highest BCUT2D eigenvalue weighted by atomic mass is 32.2. The highest BCUT2D eigenvalue weighted by molar-refractivity contribution is 7.99. The summed E-state index contributed by atoms with van der Waals surface area (Å²) in [7, 11) is 0. The molecule has 0 saturated heterocycles. The molecular weight excluding hydrogens is 226 g/mol. The third-order valence-corrected chi connectivity index (χ3v) is 3.06. The maximum absolute atomic E-state index is 11.3. The Balaban J connectivity index is 3.20. The van der Waals surface area contributed by atoms with E-state index in [1.54, 1.807) is 11.8 Å². The van der Waals surface area contributed by atoms with Crippen molar-refractivity contribution in [2.45, 2.75) is 39.0 Å². The van der Waals surface area contributed by atoms with Crippen LogP contribution in [0.5, 0.6) is 0 Å². The lowest BCUT2D eigenvalue weighted by Gasteiger charge is -2.04. The molecule has 0 radical (unpaired) electrons. The number of rotatable bonds is 10. The van der Waals surface area contributed by atoms with E-state index in [1.165, 1.54) is 0 Å². The number of carbonyl (C=O) groups excluding carboxylic acids is 1. The summed E-state index contributed by atoms with van der Waals surface area (Å²) in [4.78, 5) is 21.5. The van der Waals surface area contributed by atoms with E-state index < -0.39 is 5.97 Å². The van der Waals surface area contributed by atoms with Gasteiger partial charge in [-0.05, 0) is 25.0 Å². The van der Waals surface area contributed by atoms with E-state index in [0.717, 1.165) is 25.0 Å². The van der Waals surface area contributed by atoms with Crippen molar-refractivity contribution in [1.82, 2.24) is 5.32 Å². The normalized spacial score (nSPS) is 10.1. The number of carboxylic acids is 1. The lowest BCUT2D eigenvalue weighted by molar-refractivity contribution is -0.137. The van der Waals surface area contributed by atoms with E-state index in [0.29, 0.717) is 18.7 Å². The number of aliphatic carboxylic acids is 1. The first kappa shape index (κ1) is 15.3. The Labute approximate surface area is 101 Å². The van der Waals surface area contributed by atoms with Crippen molar-refractivity contribution in [2.24, 2.45) is 0 Å². The molecule has 0 rings (SSSR count). The predicted octanol–water partition coefficient (Wildman–Crippen LogP) is 1.89.